The minimum Gasteiger partial charge on any atom is -0.348 e. The lowest BCUT2D eigenvalue weighted by atomic mass is 9.76. The van der Waals surface area contributed by atoms with Crippen molar-refractivity contribution in [1.29, 1.82) is 0 Å². The van der Waals surface area contributed by atoms with Crippen LogP contribution in [0.15, 0.2) is 22.1 Å². The van der Waals surface area contributed by atoms with Crippen molar-refractivity contribution in [1.82, 2.24) is 21.1 Å². The van der Waals surface area contributed by atoms with Gasteiger partial charge in [-0.15, -0.1) is 0 Å². The third kappa shape index (κ3) is 2.04. The molecule has 0 saturated heterocycles. The van der Waals surface area contributed by atoms with E-state index >= 15 is 0 Å². The van der Waals surface area contributed by atoms with Crippen LogP contribution in [0.5, 0.6) is 0 Å². The number of nitrogens with zero attached hydrogens (tertiary/aromatic N) is 3. The van der Waals surface area contributed by atoms with Crippen LogP contribution >= 0.6 is 0 Å². The Labute approximate surface area is 126 Å². The van der Waals surface area contributed by atoms with Gasteiger partial charge in [0.05, 0.1) is 19.1 Å². The van der Waals surface area contributed by atoms with Crippen LogP contribution < -0.4 is 27.9 Å². The van der Waals surface area contributed by atoms with E-state index in [1.54, 1.807) is 4.90 Å². The van der Waals surface area contributed by atoms with Crippen LogP contribution in [0, 0.1) is 0 Å². The van der Waals surface area contributed by atoms with Crippen LogP contribution in [0.3, 0.4) is 0 Å². The number of hydrogen-bond donors (Lipinski definition) is 5. The maximum absolute atomic E-state index is 12.7. The van der Waals surface area contributed by atoms with Crippen LogP contribution in [0.4, 0.5) is 0 Å². The zero-order chi connectivity index (χ0) is 15.7. The van der Waals surface area contributed by atoms with Gasteiger partial charge in [-0.05, 0) is 12.2 Å². The second-order valence-corrected chi connectivity index (χ2v) is 5.30. The molecule has 2 heterocycles. The van der Waals surface area contributed by atoms with Crippen molar-refractivity contribution in [3.05, 3.63) is 12.2 Å². The van der Waals surface area contributed by atoms with E-state index in [9.17, 15) is 9.59 Å². The second-order valence-electron chi connectivity index (χ2n) is 5.30. The van der Waals surface area contributed by atoms with Crippen LogP contribution in [0.2, 0.25) is 0 Å². The summed E-state index contributed by atoms with van der Waals surface area (Å²) < 4.78 is 0. The molecule has 0 aromatic heterocycles. The predicted octanol–water partition coefficient (Wildman–Crippen LogP) is -3.25. The second kappa shape index (κ2) is 5.39. The van der Waals surface area contributed by atoms with Gasteiger partial charge >= 0.3 is 0 Å². The Bertz CT molecular complexity index is 598. The highest BCUT2D eigenvalue weighted by Gasteiger charge is 2.55. The van der Waals surface area contributed by atoms with E-state index < -0.39 is 11.6 Å². The van der Waals surface area contributed by atoms with Crippen molar-refractivity contribution in [3.8, 4) is 0 Å². The summed E-state index contributed by atoms with van der Waals surface area (Å²) in [6.07, 6.45) is 2.66. The van der Waals surface area contributed by atoms with Crippen molar-refractivity contribution in [2.75, 3.05) is 19.6 Å². The maximum Gasteiger partial charge on any atom is 0.209 e. The smallest absolute Gasteiger partial charge is 0.209 e. The summed E-state index contributed by atoms with van der Waals surface area (Å²) >= 11 is 0. The maximum atomic E-state index is 12.7. The fourth-order valence-electron chi connectivity index (χ4n) is 3.19. The minimum atomic E-state index is -1.12. The number of ketones is 2. The molecule has 0 bridgehead atoms. The van der Waals surface area contributed by atoms with Crippen molar-refractivity contribution in [3.63, 3.8) is 0 Å². The number of allylic oxidation sites excluding steroid dienone is 1. The summed E-state index contributed by atoms with van der Waals surface area (Å²) in [5.74, 6) is 11.3. The van der Waals surface area contributed by atoms with E-state index in [2.05, 4.69) is 26.2 Å². The van der Waals surface area contributed by atoms with Crippen molar-refractivity contribution in [2.24, 2.45) is 21.7 Å². The molecule has 7 N–H and O–H groups in total. The Morgan fingerprint density at radius 2 is 2.09 bits per heavy atom. The number of guanidine groups is 2. The average Bonchev–Trinajstić information content (AvgIpc) is 3.18. The Balaban J connectivity index is 2.00. The largest absolute Gasteiger partial charge is 0.348 e. The van der Waals surface area contributed by atoms with E-state index in [-0.39, 0.29) is 18.0 Å². The summed E-state index contributed by atoms with van der Waals surface area (Å²) in [4.78, 5) is 35.0. The summed E-state index contributed by atoms with van der Waals surface area (Å²) in [5.41, 5.74) is 3.82. The summed E-state index contributed by atoms with van der Waals surface area (Å²) in [6, 6.07) is -0.406. The molecular formula is C12H18N8O2. The van der Waals surface area contributed by atoms with Gasteiger partial charge in [0.1, 0.15) is 5.54 Å². The number of hydrazine groups is 2. The topological polar surface area (TPSA) is 150 Å². The van der Waals surface area contributed by atoms with Gasteiger partial charge < -0.3 is 10.2 Å². The van der Waals surface area contributed by atoms with Crippen LogP contribution in [-0.2, 0) is 9.59 Å². The number of aliphatic imine (C=N–C) groups is 2. The number of carbonyl (C=O) groups excluding carboxylic acids is 2. The molecule has 118 valence electrons. The molecule has 2 unspecified atom stereocenters. The summed E-state index contributed by atoms with van der Waals surface area (Å²) in [5, 5.41) is 3.07. The molecule has 0 saturated carbocycles. The molecule has 1 aliphatic carbocycles. The fourth-order valence-corrected chi connectivity index (χ4v) is 3.19. The third-order valence-corrected chi connectivity index (χ3v) is 4.20. The number of hydrogen-bond acceptors (Lipinski definition) is 10. The quantitative estimate of drug-likeness (QED) is 0.264. The Morgan fingerprint density at radius 3 is 2.77 bits per heavy atom. The van der Waals surface area contributed by atoms with Gasteiger partial charge in [-0.25, -0.2) is 16.7 Å². The average molecular weight is 306 g/mol. The Kier molecular flexibility index (Phi) is 3.54. The first-order valence-electron chi connectivity index (χ1n) is 6.93. The van der Waals surface area contributed by atoms with Gasteiger partial charge in [-0.1, -0.05) is 0 Å². The first-order chi connectivity index (χ1) is 10.6. The first kappa shape index (κ1) is 14.5. The number of rotatable bonds is 2. The third-order valence-electron chi connectivity index (χ3n) is 4.20. The molecule has 22 heavy (non-hydrogen) atoms. The zero-order valence-electron chi connectivity index (χ0n) is 11.9. The van der Waals surface area contributed by atoms with Gasteiger partial charge in [-0.3, -0.25) is 25.4 Å². The highest BCUT2D eigenvalue weighted by atomic mass is 16.1. The molecule has 2 atom stereocenters. The molecule has 0 aromatic carbocycles. The van der Waals surface area contributed by atoms with Crippen LogP contribution in [0.1, 0.15) is 6.42 Å². The molecule has 10 nitrogen and oxygen atoms in total. The Morgan fingerprint density at radius 1 is 1.27 bits per heavy atom. The van der Waals surface area contributed by atoms with E-state index in [4.69, 9.17) is 11.7 Å². The standard InChI is InChI=1S/C12H18N8O2/c13-18-10-16-6-8(17-10)12(5-7(21)1-2-9(12)22)20-4-3-15-11(20)19-14/h1-2,8H,3-6,13-14H2,(H,15,19)(H2,16,17,18). The van der Waals surface area contributed by atoms with E-state index in [0.29, 0.717) is 31.6 Å². The van der Waals surface area contributed by atoms with Gasteiger partial charge in [0.2, 0.25) is 11.9 Å². The Hall–Kier alpha value is -2.46. The normalized spacial score (nSPS) is 31.0. The van der Waals surface area contributed by atoms with E-state index in [0.717, 1.165) is 0 Å². The lowest BCUT2D eigenvalue weighted by molar-refractivity contribution is -0.132. The molecule has 0 aromatic rings. The van der Waals surface area contributed by atoms with Crippen LogP contribution in [0.25, 0.3) is 0 Å². The van der Waals surface area contributed by atoms with E-state index in [1.807, 2.05) is 0 Å². The SMILES string of the molecule is NNC1=NCC(C2(N3CCN=C3NN)CC(=O)C=CC2=O)N1. The minimum absolute atomic E-state index is 0.0358. The van der Waals surface area contributed by atoms with Crippen molar-refractivity contribution < 1.29 is 9.59 Å². The van der Waals surface area contributed by atoms with Crippen LogP contribution in [-0.4, -0.2) is 59.6 Å². The first-order valence-corrected chi connectivity index (χ1v) is 6.93. The molecule has 0 radical (unpaired) electrons. The molecule has 0 spiro atoms. The number of nitrogens with two attached hydrogens (primary N) is 2. The molecule has 10 heteroatoms. The highest BCUT2D eigenvalue weighted by molar-refractivity contribution is 6.12. The number of nitrogens with one attached hydrogen (secondary N) is 3. The summed E-state index contributed by atoms with van der Waals surface area (Å²) in [7, 11) is 0. The highest BCUT2D eigenvalue weighted by Crippen LogP contribution is 2.32. The molecule has 0 fully saturated rings. The molecule has 0 amide bonds. The predicted molar refractivity (Wildman–Crippen MR) is 79.4 cm³/mol. The molecule has 3 aliphatic rings. The molecule has 3 rings (SSSR count). The fraction of sp³-hybridized carbons (Fsp3) is 0.500. The lowest BCUT2D eigenvalue weighted by Gasteiger charge is -2.45. The van der Waals surface area contributed by atoms with Gasteiger partial charge in [0.15, 0.2) is 11.6 Å². The number of carbonyl (C=O) groups is 2. The van der Waals surface area contributed by atoms with Gasteiger partial charge in [0, 0.05) is 13.0 Å². The lowest BCUT2D eigenvalue weighted by Crippen LogP contribution is -2.70. The van der Waals surface area contributed by atoms with E-state index in [1.165, 1.54) is 12.2 Å². The molecular weight excluding hydrogens is 288 g/mol. The molecule has 2 aliphatic heterocycles. The van der Waals surface area contributed by atoms with Gasteiger partial charge in [0.25, 0.3) is 0 Å². The van der Waals surface area contributed by atoms with Gasteiger partial charge in [-0.2, -0.15) is 0 Å². The van der Waals surface area contributed by atoms with Crippen molar-refractivity contribution >= 4 is 23.5 Å². The summed E-state index contributed by atoms with van der Waals surface area (Å²) in [6.45, 7) is 1.32. The van der Waals surface area contributed by atoms with Crippen molar-refractivity contribution in [2.45, 2.75) is 18.0 Å². The monoisotopic (exact) mass is 306 g/mol. The zero-order valence-corrected chi connectivity index (χ0v) is 11.9.